The van der Waals surface area contributed by atoms with Crippen molar-refractivity contribution in [2.45, 2.75) is 6.42 Å². The van der Waals surface area contributed by atoms with E-state index in [1.165, 1.54) is 11.3 Å². The Kier molecular flexibility index (Phi) is 5.99. The molecule has 2 aromatic carbocycles. The van der Waals surface area contributed by atoms with Crippen LogP contribution in [0.15, 0.2) is 60.0 Å². The Morgan fingerprint density at radius 3 is 2.54 bits per heavy atom. The highest BCUT2D eigenvalue weighted by Gasteiger charge is 2.11. The average Bonchev–Trinajstić information content (AvgIpc) is 3.11. The highest BCUT2D eigenvalue weighted by Crippen LogP contribution is 2.30. The fourth-order valence-electron chi connectivity index (χ4n) is 2.29. The molecule has 0 aliphatic rings. The van der Waals surface area contributed by atoms with Crippen molar-refractivity contribution >= 4 is 39.9 Å². The summed E-state index contributed by atoms with van der Waals surface area (Å²) in [6.07, 6.45) is 0.166. The van der Waals surface area contributed by atoms with Gasteiger partial charge in [-0.25, -0.2) is 4.98 Å². The molecule has 7 heteroatoms. The minimum atomic E-state index is -0.210. The highest BCUT2D eigenvalue weighted by molar-refractivity contribution is 7.14. The molecule has 2 N–H and O–H groups in total. The number of halogens is 1. The molecule has 0 saturated heterocycles. The molecule has 0 aliphatic carbocycles. The predicted molar refractivity (Wildman–Crippen MR) is 105 cm³/mol. The standard InChI is InChI=1S/C19H16ClN3O2S/c20-15-9-5-4-8-14(15)16-12-26-19(22-16)23-17(24)10-11-21-18(25)13-6-2-1-3-7-13/h1-9,12H,10-11H2,(H,21,25)(H,22,23,24). The number of nitrogens with zero attached hydrogens (tertiary/aromatic N) is 1. The van der Waals surface area contributed by atoms with Crippen LogP contribution in [-0.2, 0) is 4.79 Å². The minimum absolute atomic E-state index is 0.166. The van der Waals surface area contributed by atoms with E-state index < -0.39 is 0 Å². The van der Waals surface area contributed by atoms with E-state index >= 15 is 0 Å². The Hall–Kier alpha value is -2.70. The van der Waals surface area contributed by atoms with Gasteiger partial charge >= 0.3 is 0 Å². The molecule has 0 aliphatic heterocycles. The van der Waals surface area contributed by atoms with Gasteiger partial charge in [-0.2, -0.15) is 0 Å². The van der Waals surface area contributed by atoms with Crippen LogP contribution in [0.25, 0.3) is 11.3 Å². The molecule has 2 amide bonds. The number of rotatable bonds is 6. The molecule has 1 aromatic heterocycles. The molecule has 0 spiro atoms. The number of nitrogens with one attached hydrogen (secondary N) is 2. The zero-order chi connectivity index (χ0) is 18.4. The number of benzene rings is 2. The van der Waals surface area contributed by atoms with Crippen LogP contribution in [0.4, 0.5) is 5.13 Å². The van der Waals surface area contributed by atoms with Crippen LogP contribution in [0.3, 0.4) is 0 Å². The van der Waals surface area contributed by atoms with Gasteiger partial charge in [-0.1, -0.05) is 48.0 Å². The SMILES string of the molecule is O=C(CCNC(=O)c1ccccc1)Nc1nc(-c2ccccc2Cl)cs1. The van der Waals surface area contributed by atoms with E-state index in [4.69, 9.17) is 11.6 Å². The summed E-state index contributed by atoms with van der Waals surface area (Å²) < 4.78 is 0. The number of aromatic nitrogens is 1. The molecule has 0 saturated carbocycles. The third-order valence-electron chi connectivity index (χ3n) is 3.57. The smallest absolute Gasteiger partial charge is 0.251 e. The maximum atomic E-state index is 12.0. The molecule has 0 unspecified atom stereocenters. The number of amides is 2. The van der Waals surface area contributed by atoms with Gasteiger partial charge in [0.25, 0.3) is 5.91 Å². The molecule has 0 atom stereocenters. The van der Waals surface area contributed by atoms with Crippen molar-refractivity contribution in [2.24, 2.45) is 0 Å². The van der Waals surface area contributed by atoms with Crippen LogP contribution in [0.2, 0.25) is 5.02 Å². The third-order valence-corrected chi connectivity index (χ3v) is 4.66. The van der Waals surface area contributed by atoms with Gasteiger partial charge in [-0.05, 0) is 18.2 Å². The summed E-state index contributed by atoms with van der Waals surface area (Å²) in [6.45, 7) is 0.252. The van der Waals surface area contributed by atoms with E-state index in [2.05, 4.69) is 15.6 Å². The summed E-state index contributed by atoms with van der Waals surface area (Å²) in [5, 5.41) is 8.41. The van der Waals surface area contributed by atoms with Crippen LogP contribution in [0.1, 0.15) is 16.8 Å². The van der Waals surface area contributed by atoms with Crippen molar-refractivity contribution in [3.63, 3.8) is 0 Å². The molecule has 5 nitrogen and oxygen atoms in total. The van der Waals surface area contributed by atoms with E-state index in [0.29, 0.717) is 21.4 Å². The van der Waals surface area contributed by atoms with Crippen molar-refractivity contribution < 1.29 is 9.59 Å². The van der Waals surface area contributed by atoms with Crippen LogP contribution in [0.5, 0.6) is 0 Å². The first-order valence-electron chi connectivity index (χ1n) is 7.97. The fourth-order valence-corrected chi connectivity index (χ4v) is 3.25. The number of anilines is 1. The second kappa shape index (κ2) is 8.60. The maximum absolute atomic E-state index is 12.0. The summed E-state index contributed by atoms with van der Waals surface area (Å²) in [5.74, 6) is -0.410. The highest BCUT2D eigenvalue weighted by atomic mass is 35.5. The van der Waals surface area contributed by atoms with Gasteiger partial charge in [0.15, 0.2) is 5.13 Å². The van der Waals surface area contributed by atoms with Crippen molar-refractivity contribution in [3.8, 4) is 11.3 Å². The lowest BCUT2D eigenvalue weighted by Crippen LogP contribution is -2.27. The van der Waals surface area contributed by atoms with Gasteiger partial charge in [-0.3, -0.25) is 9.59 Å². The lowest BCUT2D eigenvalue weighted by molar-refractivity contribution is -0.116. The summed E-state index contributed by atoms with van der Waals surface area (Å²) in [4.78, 5) is 28.3. The average molecular weight is 386 g/mol. The van der Waals surface area contributed by atoms with E-state index in [1.807, 2.05) is 29.6 Å². The second-order valence-corrected chi connectivity index (χ2v) is 6.70. The Balaban J connectivity index is 1.50. The molecule has 0 fully saturated rings. The number of thiazole rings is 1. The first-order valence-corrected chi connectivity index (χ1v) is 9.23. The lowest BCUT2D eigenvalue weighted by atomic mass is 10.2. The van der Waals surface area contributed by atoms with E-state index in [1.54, 1.807) is 30.3 Å². The van der Waals surface area contributed by atoms with Crippen molar-refractivity contribution in [2.75, 3.05) is 11.9 Å². The lowest BCUT2D eigenvalue weighted by Gasteiger charge is -2.05. The molecule has 0 radical (unpaired) electrons. The molecular weight excluding hydrogens is 370 g/mol. The number of hydrogen-bond donors (Lipinski definition) is 2. The van der Waals surface area contributed by atoms with Gasteiger partial charge in [0.2, 0.25) is 5.91 Å². The summed E-state index contributed by atoms with van der Waals surface area (Å²) in [5.41, 5.74) is 2.10. The molecular formula is C19H16ClN3O2S. The van der Waals surface area contributed by atoms with Crippen molar-refractivity contribution in [3.05, 3.63) is 70.6 Å². The Bertz CT molecular complexity index is 912. The van der Waals surface area contributed by atoms with Gasteiger partial charge in [0, 0.05) is 34.5 Å². The van der Waals surface area contributed by atoms with Crippen LogP contribution >= 0.6 is 22.9 Å². The van der Waals surface area contributed by atoms with Gasteiger partial charge in [0.1, 0.15) is 0 Å². The zero-order valence-electron chi connectivity index (χ0n) is 13.7. The van der Waals surface area contributed by atoms with E-state index in [9.17, 15) is 9.59 Å². The number of carbonyl (C=O) groups excluding carboxylic acids is 2. The molecule has 3 aromatic rings. The van der Waals surface area contributed by atoms with Crippen molar-refractivity contribution in [1.29, 1.82) is 0 Å². The normalized spacial score (nSPS) is 10.3. The minimum Gasteiger partial charge on any atom is -0.352 e. The predicted octanol–water partition coefficient (Wildman–Crippen LogP) is 4.22. The van der Waals surface area contributed by atoms with Crippen molar-refractivity contribution in [1.82, 2.24) is 10.3 Å². The molecule has 26 heavy (non-hydrogen) atoms. The Morgan fingerprint density at radius 1 is 1.04 bits per heavy atom. The Morgan fingerprint density at radius 2 is 1.77 bits per heavy atom. The molecule has 3 rings (SSSR count). The fraction of sp³-hybridized carbons (Fsp3) is 0.105. The van der Waals surface area contributed by atoms with Gasteiger partial charge in [-0.15, -0.1) is 11.3 Å². The molecule has 0 bridgehead atoms. The van der Waals surface area contributed by atoms with Gasteiger partial charge < -0.3 is 10.6 Å². The monoisotopic (exact) mass is 385 g/mol. The number of carbonyl (C=O) groups is 2. The van der Waals surface area contributed by atoms with E-state index in [-0.39, 0.29) is 24.8 Å². The summed E-state index contributed by atoms with van der Waals surface area (Å²) in [7, 11) is 0. The third kappa shape index (κ3) is 4.68. The molecule has 132 valence electrons. The molecule has 1 heterocycles. The van der Waals surface area contributed by atoms with Crippen LogP contribution in [-0.4, -0.2) is 23.3 Å². The second-order valence-electron chi connectivity index (χ2n) is 5.44. The zero-order valence-corrected chi connectivity index (χ0v) is 15.3. The topological polar surface area (TPSA) is 71.1 Å². The summed E-state index contributed by atoms with van der Waals surface area (Å²) >= 11 is 7.49. The largest absolute Gasteiger partial charge is 0.352 e. The first kappa shape index (κ1) is 18.1. The Labute approximate surface area is 160 Å². The van der Waals surface area contributed by atoms with E-state index in [0.717, 1.165) is 5.56 Å². The summed E-state index contributed by atoms with van der Waals surface area (Å²) in [6, 6.07) is 16.3. The van der Waals surface area contributed by atoms with Crippen LogP contribution in [0, 0.1) is 0 Å². The maximum Gasteiger partial charge on any atom is 0.251 e. The first-order chi connectivity index (χ1) is 12.6. The quantitative estimate of drug-likeness (QED) is 0.667. The van der Waals surface area contributed by atoms with Crippen LogP contribution < -0.4 is 10.6 Å². The van der Waals surface area contributed by atoms with Gasteiger partial charge in [0.05, 0.1) is 5.69 Å². The number of hydrogen-bond acceptors (Lipinski definition) is 4.